The maximum Gasteiger partial charge on any atom is 0.276 e. The van der Waals surface area contributed by atoms with Crippen LogP contribution in [0.4, 0.5) is 0 Å². The molecule has 1 aliphatic carbocycles. The van der Waals surface area contributed by atoms with Crippen LogP contribution in [0.3, 0.4) is 0 Å². The lowest BCUT2D eigenvalue weighted by Gasteiger charge is -2.14. The fraction of sp³-hybridized carbons (Fsp3) is 0.429. The van der Waals surface area contributed by atoms with Gasteiger partial charge in [0.1, 0.15) is 5.76 Å². The van der Waals surface area contributed by atoms with Crippen LogP contribution in [0, 0.1) is 6.92 Å². The second-order valence-electron chi connectivity index (χ2n) is 5.08. The molecule has 1 amide bonds. The number of thiophene rings is 1. The summed E-state index contributed by atoms with van der Waals surface area (Å²) in [5, 5.41) is 5.93. The molecule has 1 saturated carbocycles. The Morgan fingerprint density at radius 2 is 2.37 bits per heavy atom. The standard InChI is InChI=1S/C14H16N2O2S/c1-9-5-6-19-13(9)8-16(2)14(17)11-7-12(18-15-11)10-3-4-10/h5-7,10H,3-4,8H2,1-2H3. The van der Waals surface area contributed by atoms with Gasteiger partial charge in [-0.2, -0.15) is 0 Å². The quantitative estimate of drug-likeness (QED) is 0.861. The third kappa shape index (κ3) is 2.56. The maximum absolute atomic E-state index is 12.2. The Balaban J connectivity index is 1.69. The topological polar surface area (TPSA) is 46.3 Å². The minimum Gasteiger partial charge on any atom is -0.360 e. The highest BCUT2D eigenvalue weighted by Gasteiger charge is 2.29. The zero-order chi connectivity index (χ0) is 13.4. The molecule has 2 aromatic rings. The summed E-state index contributed by atoms with van der Waals surface area (Å²) in [4.78, 5) is 15.1. The molecule has 0 atom stereocenters. The van der Waals surface area contributed by atoms with Gasteiger partial charge in [0.2, 0.25) is 0 Å². The fourth-order valence-electron chi connectivity index (χ4n) is 2.00. The van der Waals surface area contributed by atoms with Crippen molar-refractivity contribution in [2.75, 3.05) is 7.05 Å². The van der Waals surface area contributed by atoms with Gasteiger partial charge in [-0.05, 0) is 36.8 Å². The molecule has 0 saturated heterocycles. The highest BCUT2D eigenvalue weighted by atomic mass is 32.1. The molecule has 2 heterocycles. The third-order valence-electron chi connectivity index (χ3n) is 3.42. The maximum atomic E-state index is 12.2. The summed E-state index contributed by atoms with van der Waals surface area (Å²) >= 11 is 1.67. The van der Waals surface area contributed by atoms with Crippen LogP contribution in [0.1, 0.15) is 45.4 Å². The summed E-state index contributed by atoms with van der Waals surface area (Å²) in [5.74, 6) is 1.26. The Morgan fingerprint density at radius 3 is 3.00 bits per heavy atom. The van der Waals surface area contributed by atoms with E-state index in [-0.39, 0.29) is 5.91 Å². The molecule has 1 fully saturated rings. The number of nitrogens with zero attached hydrogens (tertiary/aromatic N) is 2. The van der Waals surface area contributed by atoms with Crippen molar-refractivity contribution >= 4 is 17.2 Å². The fourth-order valence-corrected chi connectivity index (χ4v) is 2.96. The number of aromatic nitrogens is 1. The van der Waals surface area contributed by atoms with Crippen LogP contribution in [-0.2, 0) is 6.54 Å². The number of carbonyl (C=O) groups excluding carboxylic acids is 1. The van der Waals surface area contributed by atoms with Crippen LogP contribution in [0.15, 0.2) is 22.0 Å². The van der Waals surface area contributed by atoms with Gasteiger partial charge in [0.15, 0.2) is 5.69 Å². The molecule has 0 radical (unpaired) electrons. The van der Waals surface area contributed by atoms with Crippen LogP contribution in [-0.4, -0.2) is 23.0 Å². The van der Waals surface area contributed by atoms with E-state index < -0.39 is 0 Å². The van der Waals surface area contributed by atoms with E-state index in [4.69, 9.17) is 4.52 Å². The molecule has 2 aromatic heterocycles. The summed E-state index contributed by atoms with van der Waals surface area (Å²) in [6.45, 7) is 2.68. The van der Waals surface area contributed by atoms with E-state index in [0.29, 0.717) is 18.2 Å². The zero-order valence-corrected chi connectivity index (χ0v) is 11.9. The van der Waals surface area contributed by atoms with Crippen molar-refractivity contribution in [3.8, 4) is 0 Å². The van der Waals surface area contributed by atoms with Gasteiger partial charge in [0.25, 0.3) is 5.91 Å². The van der Waals surface area contributed by atoms with Crippen molar-refractivity contribution in [2.24, 2.45) is 0 Å². The van der Waals surface area contributed by atoms with E-state index >= 15 is 0 Å². The van der Waals surface area contributed by atoms with Crippen molar-refractivity contribution in [1.82, 2.24) is 10.1 Å². The number of aryl methyl sites for hydroxylation is 1. The first-order valence-electron chi connectivity index (χ1n) is 6.40. The van der Waals surface area contributed by atoms with Gasteiger partial charge in [0.05, 0.1) is 6.54 Å². The van der Waals surface area contributed by atoms with E-state index in [0.717, 1.165) is 18.6 Å². The lowest BCUT2D eigenvalue weighted by atomic mass is 10.2. The minimum atomic E-state index is -0.0801. The van der Waals surface area contributed by atoms with Crippen molar-refractivity contribution in [3.05, 3.63) is 39.4 Å². The molecule has 0 aliphatic heterocycles. The highest BCUT2D eigenvalue weighted by Crippen LogP contribution is 2.40. The number of carbonyl (C=O) groups is 1. The van der Waals surface area contributed by atoms with Crippen molar-refractivity contribution < 1.29 is 9.32 Å². The van der Waals surface area contributed by atoms with E-state index in [1.165, 1.54) is 10.4 Å². The smallest absolute Gasteiger partial charge is 0.276 e. The number of hydrogen-bond acceptors (Lipinski definition) is 4. The largest absolute Gasteiger partial charge is 0.360 e. The van der Waals surface area contributed by atoms with Gasteiger partial charge in [-0.25, -0.2) is 0 Å². The molecular formula is C14H16N2O2S. The Bertz CT molecular complexity index is 598. The minimum absolute atomic E-state index is 0.0801. The van der Waals surface area contributed by atoms with Crippen molar-refractivity contribution in [2.45, 2.75) is 32.2 Å². The Labute approximate surface area is 116 Å². The van der Waals surface area contributed by atoms with Gasteiger partial charge in [-0.15, -0.1) is 11.3 Å². The molecule has 1 aliphatic rings. The highest BCUT2D eigenvalue weighted by molar-refractivity contribution is 7.10. The summed E-state index contributed by atoms with van der Waals surface area (Å²) in [6, 6.07) is 3.86. The zero-order valence-electron chi connectivity index (χ0n) is 11.0. The van der Waals surface area contributed by atoms with Crippen LogP contribution >= 0.6 is 11.3 Å². The first-order chi connectivity index (χ1) is 9.15. The molecule has 0 bridgehead atoms. The third-order valence-corrected chi connectivity index (χ3v) is 4.43. The normalized spacial score (nSPS) is 14.6. The first-order valence-corrected chi connectivity index (χ1v) is 7.28. The average Bonchev–Trinajstić information content (AvgIpc) is 3.00. The molecule has 0 unspecified atom stereocenters. The molecule has 3 rings (SSSR count). The lowest BCUT2D eigenvalue weighted by molar-refractivity contribution is 0.0776. The van der Waals surface area contributed by atoms with E-state index in [2.05, 4.69) is 18.1 Å². The molecule has 4 nitrogen and oxygen atoms in total. The van der Waals surface area contributed by atoms with Gasteiger partial charge in [0, 0.05) is 23.9 Å². The molecule has 0 aromatic carbocycles. The monoisotopic (exact) mass is 276 g/mol. The van der Waals surface area contributed by atoms with Gasteiger partial charge in [-0.3, -0.25) is 4.79 Å². The van der Waals surface area contributed by atoms with Crippen LogP contribution in [0.25, 0.3) is 0 Å². The Hall–Kier alpha value is -1.62. The van der Waals surface area contributed by atoms with Gasteiger partial charge in [-0.1, -0.05) is 5.16 Å². The van der Waals surface area contributed by atoms with Crippen molar-refractivity contribution in [1.29, 1.82) is 0 Å². The molecule has 19 heavy (non-hydrogen) atoms. The van der Waals surface area contributed by atoms with Crippen molar-refractivity contribution in [3.63, 3.8) is 0 Å². The van der Waals surface area contributed by atoms with E-state index in [1.807, 2.05) is 5.38 Å². The predicted molar refractivity (Wildman–Crippen MR) is 73.3 cm³/mol. The second kappa shape index (κ2) is 4.81. The Kier molecular flexibility index (Phi) is 3.14. The molecule has 100 valence electrons. The predicted octanol–water partition coefficient (Wildman–Crippen LogP) is 3.19. The number of rotatable bonds is 4. The lowest BCUT2D eigenvalue weighted by Crippen LogP contribution is -2.26. The summed E-state index contributed by atoms with van der Waals surface area (Å²) < 4.78 is 5.22. The van der Waals surface area contributed by atoms with Gasteiger partial charge >= 0.3 is 0 Å². The van der Waals surface area contributed by atoms with Crippen LogP contribution in [0.5, 0.6) is 0 Å². The molecule has 0 spiro atoms. The van der Waals surface area contributed by atoms with Crippen LogP contribution in [0.2, 0.25) is 0 Å². The molecule has 5 heteroatoms. The molecular weight excluding hydrogens is 260 g/mol. The number of amides is 1. The summed E-state index contributed by atoms with van der Waals surface area (Å²) in [7, 11) is 1.80. The van der Waals surface area contributed by atoms with Gasteiger partial charge < -0.3 is 9.42 Å². The van der Waals surface area contributed by atoms with E-state index in [1.54, 1.807) is 29.4 Å². The SMILES string of the molecule is Cc1ccsc1CN(C)C(=O)c1cc(C2CC2)on1. The Morgan fingerprint density at radius 1 is 1.58 bits per heavy atom. The second-order valence-corrected chi connectivity index (χ2v) is 6.08. The average molecular weight is 276 g/mol. The summed E-state index contributed by atoms with van der Waals surface area (Å²) in [6.07, 6.45) is 2.29. The van der Waals surface area contributed by atoms with E-state index in [9.17, 15) is 4.79 Å². The summed E-state index contributed by atoms with van der Waals surface area (Å²) in [5.41, 5.74) is 1.64. The number of hydrogen-bond donors (Lipinski definition) is 0. The molecule has 0 N–H and O–H groups in total. The first kappa shape index (κ1) is 12.4. The van der Waals surface area contributed by atoms with Crippen LogP contribution < -0.4 is 0 Å².